The maximum atomic E-state index is 12.0. The van der Waals surface area contributed by atoms with Crippen LogP contribution in [0.4, 0.5) is 0 Å². The molecule has 0 bridgehead atoms. The maximum Gasteiger partial charge on any atom is 0.251 e. The molecule has 23 heavy (non-hydrogen) atoms. The summed E-state index contributed by atoms with van der Waals surface area (Å²) in [5.41, 5.74) is 0.988. The summed E-state index contributed by atoms with van der Waals surface area (Å²) in [6, 6.07) is 8.50. The van der Waals surface area contributed by atoms with Gasteiger partial charge in [-0.2, -0.15) is 0 Å². The molecule has 0 aliphatic carbocycles. The van der Waals surface area contributed by atoms with Crippen LogP contribution in [0.3, 0.4) is 0 Å². The van der Waals surface area contributed by atoms with E-state index < -0.39 is 0 Å². The number of nitrogens with one attached hydrogen (secondary N) is 2. The smallest absolute Gasteiger partial charge is 0.251 e. The molecule has 0 radical (unpaired) electrons. The molecule has 0 fully saturated rings. The molecule has 2 N–H and O–H groups in total. The number of pyridine rings is 1. The van der Waals surface area contributed by atoms with Crippen molar-refractivity contribution in [3.63, 3.8) is 0 Å². The average Bonchev–Trinajstić information content (AvgIpc) is 2.52. The van der Waals surface area contributed by atoms with Crippen LogP contribution in [0.5, 0.6) is 5.75 Å². The third kappa shape index (κ3) is 5.25. The normalized spacial score (nSPS) is 10.6. The number of carbonyl (C=O) groups excluding carboxylic acids is 1. The number of hydrogen-bond donors (Lipinski definition) is 2. The molecule has 0 spiro atoms. The number of ether oxygens (including phenoxy) is 1. The molecule has 0 unspecified atom stereocenters. The number of aromatic nitrogens is 1. The first kappa shape index (κ1) is 17.3. The number of aromatic amines is 1. The first-order chi connectivity index (χ1) is 11.0. The van der Waals surface area contributed by atoms with E-state index in [0.717, 1.165) is 4.47 Å². The van der Waals surface area contributed by atoms with Crippen molar-refractivity contribution >= 4 is 21.8 Å². The Morgan fingerprint density at radius 2 is 2.00 bits per heavy atom. The van der Waals surface area contributed by atoms with E-state index >= 15 is 0 Å². The Morgan fingerprint density at radius 3 is 2.61 bits per heavy atom. The van der Waals surface area contributed by atoms with Crippen molar-refractivity contribution in [3.8, 4) is 5.75 Å². The molecular formula is C17H19BrN2O3. The van der Waals surface area contributed by atoms with Gasteiger partial charge in [-0.3, -0.25) is 9.59 Å². The van der Waals surface area contributed by atoms with Gasteiger partial charge in [-0.05, 0) is 30.2 Å². The van der Waals surface area contributed by atoms with E-state index in [1.54, 1.807) is 24.3 Å². The lowest BCUT2D eigenvalue weighted by Crippen LogP contribution is -2.24. The minimum Gasteiger partial charge on any atom is -0.488 e. The largest absolute Gasteiger partial charge is 0.488 e. The summed E-state index contributed by atoms with van der Waals surface area (Å²) in [5.74, 6) is 0.444. The van der Waals surface area contributed by atoms with Crippen LogP contribution in [0.1, 0.15) is 29.9 Å². The molecule has 0 saturated heterocycles. The van der Waals surface area contributed by atoms with Crippen LogP contribution < -0.4 is 15.5 Å². The van der Waals surface area contributed by atoms with Crippen LogP contribution in [-0.2, 0) is 6.54 Å². The van der Waals surface area contributed by atoms with Gasteiger partial charge >= 0.3 is 0 Å². The second-order valence-electron chi connectivity index (χ2n) is 5.58. The predicted molar refractivity (Wildman–Crippen MR) is 92.7 cm³/mol. The highest BCUT2D eigenvalue weighted by Gasteiger charge is 2.07. The van der Waals surface area contributed by atoms with Gasteiger partial charge < -0.3 is 15.0 Å². The molecule has 1 aromatic carbocycles. The minimum atomic E-state index is -0.197. The number of halogens is 1. The SMILES string of the molecule is CC(C)COc1c[nH]c(CNC(=O)c2ccc(Br)cc2)cc1=O. The number of rotatable bonds is 6. The quantitative estimate of drug-likeness (QED) is 0.810. The maximum absolute atomic E-state index is 12.0. The molecule has 0 aliphatic heterocycles. The molecule has 0 atom stereocenters. The van der Waals surface area contributed by atoms with Crippen LogP contribution in [0.25, 0.3) is 0 Å². The monoisotopic (exact) mass is 378 g/mol. The fraction of sp³-hybridized carbons (Fsp3) is 0.294. The van der Waals surface area contributed by atoms with Crippen LogP contribution in [-0.4, -0.2) is 17.5 Å². The van der Waals surface area contributed by atoms with E-state index in [1.807, 2.05) is 13.8 Å². The molecule has 5 nitrogen and oxygen atoms in total. The molecule has 0 saturated carbocycles. The second-order valence-corrected chi connectivity index (χ2v) is 6.50. The summed E-state index contributed by atoms with van der Waals surface area (Å²) in [5, 5.41) is 2.77. The van der Waals surface area contributed by atoms with E-state index in [1.165, 1.54) is 12.3 Å². The van der Waals surface area contributed by atoms with Crippen molar-refractivity contribution in [1.29, 1.82) is 0 Å². The first-order valence-electron chi connectivity index (χ1n) is 7.34. The van der Waals surface area contributed by atoms with Crippen molar-refractivity contribution in [1.82, 2.24) is 10.3 Å². The molecule has 2 rings (SSSR count). The molecule has 1 aromatic heterocycles. The van der Waals surface area contributed by atoms with Crippen molar-refractivity contribution in [3.05, 3.63) is 62.5 Å². The highest BCUT2D eigenvalue weighted by molar-refractivity contribution is 9.10. The highest BCUT2D eigenvalue weighted by Crippen LogP contribution is 2.10. The summed E-state index contributed by atoms with van der Waals surface area (Å²) in [4.78, 5) is 26.9. The Labute approximate surface area is 143 Å². The van der Waals surface area contributed by atoms with Gasteiger partial charge in [0.2, 0.25) is 5.43 Å². The van der Waals surface area contributed by atoms with Crippen LogP contribution >= 0.6 is 15.9 Å². The summed E-state index contributed by atoms with van der Waals surface area (Å²) in [6.45, 7) is 4.76. The lowest BCUT2D eigenvalue weighted by atomic mass is 10.2. The Balaban J connectivity index is 1.95. The fourth-order valence-electron chi connectivity index (χ4n) is 1.85. The average molecular weight is 379 g/mol. The first-order valence-corrected chi connectivity index (χ1v) is 8.13. The molecule has 1 amide bonds. The van der Waals surface area contributed by atoms with E-state index in [-0.39, 0.29) is 17.9 Å². The highest BCUT2D eigenvalue weighted by atomic mass is 79.9. The third-order valence-corrected chi connectivity index (χ3v) is 3.58. The van der Waals surface area contributed by atoms with Crippen LogP contribution in [0.2, 0.25) is 0 Å². The van der Waals surface area contributed by atoms with E-state index in [0.29, 0.717) is 29.5 Å². The fourth-order valence-corrected chi connectivity index (χ4v) is 2.11. The number of hydrogen-bond acceptors (Lipinski definition) is 3. The minimum absolute atomic E-state index is 0.196. The molecule has 6 heteroatoms. The van der Waals surface area contributed by atoms with Gasteiger partial charge in [0.05, 0.1) is 13.2 Å². The Kier molecular flexibility index (Phi) is 5.98. The lowest BCUT2D eigenvalue weighted by Gasteiger charge is -2.09. The number of H-pyrrole nitrogens is 1. The van der Waals surface area contributed by atoms with Gasteiger partial charge in [0, 0.05) is 28.0 Å². The third-order valence-electron chi connectivity index (χ3n) is 3.05. The van der Waals surface area contributed by atoms with E-state index in [2.05, 4.69) is 26.2 Å². The van der Waals surface area contributed by atoms with Crippen molar-refractivity contribution < 1.29 is 9.53 Å². The molecule has 1 heterocycles. The van der Waals surface area contributed by atoms with Gasteiger partial charge in [0.15, 0.2) is 5.75 Å². The lowest BCUT2D eigenvalue weighted by molar-refractivity contribution is 0.0950. The number of benzene rings is 1. The summed E-state index contributed by atoms with van der Waals surface area (Å²) in [6.07, 6.45) is 1.53. The summed E-state index contributed by atoms with van der Waals surface area (Å²) >= 11 is 3.32. The van der Waals surface area contributed by atoms with Crippen molar-refractivity contribution in [2.24, 2.45) is 5.92 Å². The zero-order valence-electron chi connectivity index (χ0n) is 13.1. The van der Waals surface area contributed by atoms with Crippen LogP contribution in [0, 0.1) is 5.92 Å². The molecule has 122 valence electrons. The summed E-state index contributed by atoms with van der Waals surface area (Å²) in [7, 11) is 0. The zero-order chi connectivity index (χ0) is 16.8. The van der Waals surface area contributed by atoms with Gasteiger partial charge in [0.1, 0.15) is 0 Å². The number of carbonyl (C=O) groups is 1. The Hall–Kier alpha value is -2.08. The Bertz CT molecular complexity index is 723. The predicted octanol–water partition coefficient (Wildman–Crippen LogP) is 3.10. The van der Waals surface area contributed by atoms with Gasteiger partial charge in [-0.15, -0.1) is 0 Å². The van der Waals surface area contributed by atoms with E-state index in [4.69, 9.17) is 4.74 Å². The van der Waals surface area contributed by atoms with Crippen molar-refractivity contribution in [2.75, 3.05) is 6.61 Å². The molecule has 0 aliphatic rings. The Morgan fingerprint density at radius 1 is 1.30 bits per heavy atom. The summed E-state index contributed by atoms with van der Waals surface area (Å²) < 4.78 is 6.34. The van der Waals surface area contributed by atoms with Crippen molar-refractivity contribution in [2.45, 2.75) is 20.4 Å². The molecule has 2 aromatic rings. The van der Waals surface area contributed by atoms with Gasteiger partial charge in [-0.1, -0.05) is 29.8 Å². The molecular weight excluding hydrogens is 360 g/mol. The zero-order valence-corrected chi connectivity index (χ0v) is 14.6. The van der Waals surface area contributed by atoms with Gasteiger partial charge in [0.25, 0.3) is 5.91 Å². The topological polar surface area (TPSA) is 71.2 Å². The standard InChI is InChI=1S/C17H19BrN2O3/c1-11(2)10-23-16-9-19-14(7-15(16)21)8-20-17(22)12-3-5-13(18)6-4-12/h3-7,9,11H,8,10H2,1-2H3,(H,19,21)(H,20,22). The second kappa shape index (κ2) is 7.97. The number of amides is 1. The van der Waals surface area contributed by atoms with Crippen LogP contribution in [0.15, 0.2) is 45.8 Å². The van der Waals surface area contributed by atoms with Gasteiger partial charge in [-0.25, -0.2) is 0 Å². The van der Waals surface area contributed by atoms with E-state index in [9.17, 15) is 9.59 Å².